The lowest BCUT2D eigenvalue weighted by molar-refractivity contribution is -0.123. The summed E-state index contributed by atoms with van der Waals surface area (Å²) >= 11 is 3.48. The number of benzene rings is 2. The first-order valence-corrected chi connectivity index (χ1v) is 11.5. The number of rotatable bonds is 11. The van der Waals surface area contributed by atoms with Crippen LogP contribution in [0.5, 0.6) is 11.5 Å². The minimum absolute atomic E-state index is 0.196. The molecule has 0 aromatic heterocycles. The van der Waals surface area contributed by atoms with Crippen molar-refractivity contribution in [2.45, 2.75) is 39.7 Å². The lowest BCUT2D eigenvalue weighted by Gasteiger charge is -2.20. The highest BCUT2D eigenvalue weighted by Gasteiger charge is 2.24. The quantitative estimate of drug-likeness (QED) is 0.255. The number of hydrogen-bond donors (Lipinski definition) is 2. The van der Waals surface area contributed by atoms with Gasteiger partial charge in [-0.1, -0.05) is 27.2 Å². The number of nitrogens with zero attached hydrogens (tertiary/aromatic N) is 1. The van der Waals surface area contributed by atoms with Gasteiger partial charge in [-0.05, 0) is 70.2 Å². The third-order valence-corrected chi connectivity index (χ3v) is 5.32. The largest absolute Gasteiger partial charge is 0.493 e. The van der Waals surface area contributed by atoms with Crippen molar-refractivity contribution >= 4 is 34.0 Å². The van der Waals surface area contributed by atoms with Crippen LogP contribution in [0.2, 0.25) is 0 Å². The van der Waals surface area contributed by atoms with E-state index in [1.54, 1.807) is 33.1 Å². The number of halogens is 2. The van der Waals surface area contributed by atoms with Gasteiger partial charge in [0.25, 0.3) is 11.8 Å². The van der Waals surface area contributed by atoms with Crippen molar-refractivity contribution in [3.63, 3.8) is 0 Å². The van der Waals surface area contributed by atoms with Gasteiger partial charge < -0.3 is 14.8 Å². The lowest BCUT2D eigenvalue weighted by Crippen LogP contribution is -2.48. The number of methoxy groups -OCH3 is 1. The highest BCUT2D eigenvalue weighted by molar-refractivity contribution is 9.10. The van der Waals surface area contributed by atoms with Crippen LogP contribution in [0.1, 0.15) is 49.5 Å². The maximum absolute atomic E-state index is 13.1. The molecule has 0 fully saturated rings. The van der Waals surface area contributed by atoms with Gasteiger partial charge in [0, 0.05) is 5.56 Å². The topological polar surface area (TPSA) is 89.0 Å². The third kappa shape index (κ3) is 7.85. The second-order valence-corrected chi connectivity index (χ2v) is 8.53. The molecule has 33 heavy (non-hydrogen) atoms. The molecule has 1 unspecified atom stereocenters. The Labute approximate surface area is 201 Å². The van der Waals surface area contributed by atoms with E-state index in [1.807, 2.05) is 0 Å². The maximum atomic E-state index is 13.1. The Morgan fingerprint density at radius 2 is 1.91 bits per heavy atom. The Morgan fingerprint density at radius 3 is 2.52 bits per heavy atom. The van der Waals surface area contributed by atoms with Crippen LogP contribution in [0.4, 0.5) is 4.39 Å². The first-order valence-electron chi connectivity index (χ1n) is 10.7. The standard InChI is InChI=1S/C24H29BrFN3O4/c1-5-6-11-33-22-19(25)12-16(13-20(22)32-4)14-27-29-24(31)21(15(2)3)28-23(30)17-7-9-18(26)10-8-17/h7-10,12-15,21H,5-6,11H2,1-4H3,(H,28,30)(H,29,31)/b27-14+. The number of amides is 2. The lowest BCUT2D eigenvalue weighted by atomic mass is 10.0. The number of hydrogen-bond acceptors (Lipinski definition) is 5. The molecule has 9 heteroatoms. The molecule has 2 N–H and O–H groups in total. The van der Waals surface area contributed by atoms with Crippen molar-refractivity contribution < 1.29 is 23.5 Å². The van der Waals surface area contributed by atoms with Crippen LogP contribution in [-0.2, 0) is 4.79 Å². The van der Waals surface area contributed by atoms with Gasteiger partial charge in [-0.3, -0.25) is 9.59 Å². The van der Waals surface area contributed by atoms with Crippen LogP contribution in [0, 0.1) is 11.7 Å². The number of carbonyl (C=O) groups excluding carboxylic acids is 2. The van der Waals surface area contributed by atoms with Crippen LogP contribution in [0.15, 0.2) is 46.0 Å². The second-order valence-electron chi connectivity index (χ2n) is 7.67. The summed E-state index contributed by atoms with van der Waals surface area (Å²) in [5.41, 5.74) is 3.40. The molecule has 0 spiro atoms. The molecule has 0 saturated heterocycles. The van der Waals surface area contributed by atoms with Gasteiger partial charge in [-0.25, -0.2) is 9.82 Å². The third-order valence-electron chi connectivity index (χ3n) is 4.73. The fourth-order valence-corrected chi connectivity index (χ4v) is 3.45. The van der Waals surface area contributed by atoms with Gasteiger partial charge in [0.1, 0.15) is 11.9 Å². The van der Waals surface area contributed by atoms with Crippen LogP contribution >= 0.6 is 15.9 Å². The van der Waals surface area contributed by atoms with Crippen LogP contribution in [0.3, 0.4) is 0 Å². The fraction of sp³-hybridized carbons (Fsp3) is 0.375. The SMILES string of the molecule is CCCCOc1c(Br)cc(/C=N/NC(=O)C(NC(=O)c2ccc(F)cc2)C(C)C)cc1OC. The van der Waals surface area contributed by atoms with Crippen molar-refractivity contribution in [1.82, 2.24) is 10.7 Å². The van der Waals surface area contributed by atoms with Crippen LogP contribution in [-0.4, -0.2) is 37.8 Å². The summed E-state index contributed by atoms with van der Waals surface area (Å²) in [6, 6.07) is 7.83. The van der Waals surface area contributed by atoms with E-state index in [0.29, 0.717) is 28.1 Å². The predicted octanol–water partition coefficient (Wildman–Crippen LogP) is 4.68. The summed E-state index contributed by atoms with van der Waals surface area (Å²) in [4.78, 5) is 25.1. The molecule has 0 aliphatic carbocycles. The zero-order chi connectivity index (χ0) is 24.4. The van der Waals surface area contributed by atoms with Crippen molar-refractivity contribution in [2.75, 3.05) is 13.7 Å². The molecule has 2 aromatic carbocycles. The molecule has 0 aliphatic rings. The first-order chi connectivity index (χ1) is 15.8. The summed E-state index contributed by atoms with van der Waals surface area (Å²) in [5.74, 6) is -0.431. The van der Waals surface area contributed by atoms with Gasteiger partial charge in [0.05, 0.1) is 24.4 Å². The van der Waals surface area contributed by atoms with E-state index in [1.165, 1.54) is 30.5 Å². The monoisotopic (exact) mass is 521 g/mol. The second kappa shape index (κ2) is 12.9. The molecule has 0 saturated carbocycles. The Morgan fingerprint density at radius 1 is 1.21 bits per heavy atom. The highest BCUT2D eigenvalue weighted by Crippen LogP contribution is 2.36. The average molecular weight is 522 g/mol. The summed E-state index contributed by atoms with van der Waals surface area (Å²) in [6.07, 6.45) is 3.42. The minimum Gasteiger partial charge on any atom is -0.493 e. The molecule has 0 heterocycles. The van der Waals surface area contributed by atoms with E-state index < -0.39 is 23.7 Å². The zero-order valence-electron chi connectivity index (χ0n) is 19.2. The molecule has 0 radical (unpaired) electrons. The summed E-state index contributed by atoms with van der Waals surface area (Å²) in [5, 5.41) is 6.68. The minimum atomic E-state index is -0.824. The summed E-state index contributed by atoms with van der Waals surface area (Å²) in [7, 11) is 1.55. The molecule has 2 amide bonds. The van der Waals surface area contributed by atoms with Crippen LogP contribution in [0.25, 0.3) is 0 Å². The molecule has 7 nitrogen and oxygen atoms in total. The predicted molar refractivity (Wildman–Crippen MR) is 129 cm³/mol. The number of nitrogens with one attached hydrogen (secondary N) is 2. The van der Waals surface area contributed by atoms with Crippen molar-refractivity contribution in [3.8, 4) is 11.5 Å². The van der Waals surface area contributed by atoms with E-state index in [-0.39, 0.29) is 11.5 Å². The molecule has 2 aromatic rings. The Bertz CT molecular complexity index is 980. The van der Waals surface area contributed by atoms with E-state index in [9.17, 15) is 14.0 Å². The van der Waals surface area contributed by atoms with Crippen molar-refractivity contribution in [2.24, 2.45) is 11.0 Å². The van der Waals surface area contributed by atoms with E-state index in [2.05, 4.69) is 38.7 Å². The zero-order valence-corrected chi connectivity index (χ0v) is 20.7. The average Bonchev–Trinajstić information content (AvgIpc) is 2.78. The van der Waals surface area contributed by atoms with E-state index >= 15 is 0 Å². The molecule has 0 bridgehead atoms. The first kappa shape index (κ1) is 26.3. The molecule has 1 atom stereocenters. The fourth-order valence-electron chi connectivity index (χ4n) is 2.87. The molecular weight excluding hydrogens is 493 g/mol. The van der Waals surface area contributed by atoms with Gasteiger partial charge in [0.2, 0.25) is 0 Å². The maximum Gasteiger partial charge on any atom is 0.262 e. The van der Waals surface area contributed by atoms with Crippen molar-refractivity contribution in [3.05, 3.63) is 57.8 Å². The Kier molecular flexibility index (Phi) is 10.3. The Balaban J connectivity index is 2.05. The van der Waals surface area contributed by atoms with Gasteiger partial charge in [0.15, 0.2) is 11.5 Å². The Hall–Kier alpha value is -2.94. The van der Waals surface area contributed by atoms with Gasteiger partial charge in [-0.15, -0.1) is 0 Å². The molecule has 0 aliphatic heterocycles. The number of hydrazone groups is 1. The number of unbranched alkanes of at least 4 members (excludes halogenated alkanes) is 1. The number of carbonyl (C=O) groups is 2. The van der Waals surface area contributed by atoms with E-state index in [0.717, 1.165) is 12.8 Å². The van der Waals surface area contributed by atoms with Crippen LogP contribution < -0.4 is 20.2 Å². The van der Waals surface area contributed by atoms with Crippen molar-refractivity contribution in [1.29, 1.82) is 0 Å². The molecular formula is C24H29BrFN3O4. The normalized spacial score (nSPS) is 12.0. The van der Waals surface area contributed by atoms with E-state index in [4.69, 9.17) is 9.47 Å². The number of ether oxygens (including phenoxy) is 2. The smallest absolute Gasteiger partial charge is 0.262 e. The highest BCUT2D eigenvalue weighted by atomic mass is 79.9. The molecule has 2 rings (SSSR count). The summed E-state index contributed by atoms with van der Waals surface area (Å²) in [6.45, 7) is 6.27. The molecule has 178 valence electrons. The summed E-state index contributed by atoms with van der Waals surface area (Å²) < 4.78 is 25.0. The van der Waals surface area contributed by atoms with Gasteiger partial charge >= 0.3 is 0 Å². The van der Waals surface area contributed by atoms with Gasteiger partial charge in [-0.2, -0.15) is 5.10 Å².